The monoisotopic (exact) mass is 1440 g/mol. The Kier molecular flexibility index (Phi) is 27.7. The Balaban J connectivity index is 0.000000206. The molecule has 12 rings (SSSR count). The Labute approximate surface area is 602 Å². The average Bonchev–Trinajstić information content (AvgIpc) is 1.48. The zero-order chi connectivity index (χ0) is 67.2. The number of anilines is 3. The number of hydrogen-bond donors (Lipinski definition) is 6. The molecular formula is C75H66Cl3N9O9S3. The van der Waals surface area contributed by atoms with E-state index in [0.29, 0.717) is 15.4 Å². The highest BCUT2D eigenvalue weighted by Gasteiger charge is 2.40. The first kappa shape index (κ1) is 75.3. The summed E-state index contributed by atoms with van der Waals surface area (Å²) in [5.74, 6) is -3.61. The first-order valence-corrected chi connectivity index (χ1v) is 32.3. The number of carboxylic acid groups (broad SMARTS) is 3. The number of nitrogens with zero attached hydrogens (tertiary/aromatic N) is 6. The topological polar surface area (TPSA) is 251 Å². The van der Waals surface area contributed by atoms with Crippen molar-refractivity contribution < 1.29 is 44.2 Å². The molecule has 504 valence electrons. The predicted octanol–water partition coefficient (Wildman–Crippen LogP) is 16.2. The van der Waals surface area contributed by atoms with E-state index in [1.54, 1.807) is 16.1 Å². The SMILES string of the molecule is CON=C(C(=O)O)c1csc(NC(c2ccccc2)(c2ccccc2)c2ccccc2)n1.CON=C(C(=O)O)c1csc(NC(c2ccccc2)(c2ccccc2)c2ccccc2)n1.CON=C(C(=O)O)c1csc(NC(c2ccccc2)(c2ccccc2)c2ccccc2)n1.Cl.Cl.Cl. The van der Waals surface area contributed by atoms with E-state index in [1.807, 2.05) is 164 Å². The lowest BCUT2D eigenvalue weighted by molar-refractivity contribution is -0.130. The van der Waals surface area contributed by atoms with E-state index < -0.39 is 34.5 Å². The largest absolute Gasteiger partial charge is 0.476 e. The molecule has 18 nitrogen and oxygen atoms in total. The third-order valence-electron chi connectivity index (χ3n) is 15.1. The van der Waals surface area contributed by atoms with Crippen molar-refractivity contribution in [3.05, 3.63) is 356 Å². The van der Waals surface area contributed by atoms with E-state index in [2.05, 4.69) is 170 Å². The van der Waals surface area contributed by atoms with Crippen LogP contribution in [-0.2, 0) is 45.5 Å². The summed E-state index contributed by atoms with van der Waals surface area (Å²) < 4.78 is 0. The second-order valence-electron chi connectivity index (χ2n) is 20.8. The maximum absolute atomic E-state index is 11.6. The smallest absolute Gasteiger partial charge is 0.360 e. The molecule has 0 amide bonds. The van der Waals surface area contributed by atoms with E-state index >= 15 is 0 Å². The van der Waals surface area contributed by atoms with E-state index in [1.165, 1.54) is 55.3 Å². The first-order valence-electron chi connectivity index (χ1n) is 29.7. The molecule has 0 aliphatic heterocycles. The number of thiazole rings is 3. The molecule has 9 aromatic carbocycles. The molecule has 3 heterocycles. The lowest BCUT2D eigenvalue weighted by Gasteiger charge is -2.36. The molecule has 24 heteroatoms. The van der Waals surface area contributed by atoms with Crippen LogP contribution in [0, 0.1) is 0 Å². The van der Waals surface area contributed by atoms with Gasteiger partial charge in [0.2, 0.25) is 17.1 Å². The van der Waals surface area contributed by atoms with Crippen LogP contribution in [0.25, 0.3) is 0 Å². The quantitative estimate of drug-likeness (QED) is 0.0187. The van der Waals surface area contributed by atoms with Gasteiger partial charge >= 0.3 is 17.9 Å². The highest BCUT2D eigenvalue weighted by Crippen LogP contribution is 2.44. The number of hydrogen-bond acceptors (Lipinski definition) is 18. The Morgan fingerprint density at radius 3 is 0.586 bits per heavy atom. The summed E-state index contributed by atoms with van der Waals surface area (Å²) in [4.78, 5) is 62.4. The van der Waals surface area contributed by atoms with Gasteiger partial charge in [-0.2, -0.15) is 0 Å². The molecular weight excluding hydrogens is 1370 g/mol. The van der Waals surface area contributed by atoms with Crippen molar-refractivity contribution in [2.75, 3.05) is 37.3 Å². The molecule has 0 unspecified atom stereocenters. The number of carbonyl (C=O) groups is 3. The van der Waals surface area contributed by atoms with E-state index in [0.717, 1.165) is 50.1 Å². The lowest BCUT2D eigenvalue weighted by atomic mass is 9.77. The van der Waals surface area contributed by atoms with Gasteiger partial charge in [0.1, 0.15) is 55.0 Å². The number of rotatable bonds is 24. The van der Waals surface area contributed by atoms with Gasteiger partial charge < -0.3 is 45.8 Å². The summed E-state index contributed by atoms with van der Waals surface area (Å²) in [5.41, 5.74) is 6.94. The molecule has 0 radical (unpaired) electrons. The second-order valence-corrected chi connectivity index (χ2v) is 23.4. The summed E-state index contributed by atoms with van der Waals surface area (Å²) >= 11 is 3.93. The minimum Gasteiger partial charge on any atom is -0.476 e. The van der Waals surface area contributed by atoms with Crippen molar-refractivity contribution in [1.82, 2.24) is 15.0 Å². The third kappa shape index (κ3) is 17.4. The lowest BCUT2D eigenvalue weighted by Crippen LogP contribution is -2.38. The van der Waals surface area contributed by atoms with Crippen molar-refractivity contribution >= 4 is 122 Å². The minimum absolute atomic E-state index is 0. The fourth-order valence-corrected chi connectivity index (χ4v) is 13.3. The molecule has 0 fully saturated rings. The molecule has 3 aromatic heterocycles. The van der Waals surface area contributed by atoms with E-state index in [9.17, 15) is 29.7 Å². The Hall–Kier alpha value is -11.0. The molecule has 0 atom stereocenters. The van der Waals surface area contributed by atoms with Crippen LogP contribution >= 0.6 is 71.2 Å². The molecule has 0 bridgehead atoms. The Morgan fingerprint density at radius 2 is 0.455 bits per heavy atom. The second kappa shape index (κ2) is 36.3. The van der Waals surface area contributed by atoms with Gasteiger partial charge in [0, 0.05) is 16.1 Å². The van der Waals surface area contributed by atoms with Crippen molar-refractivity contribution in [2.24, 2.45) is 15.5 Å². The van der Waals surface area contributed by atoms with Gasteiger partial charge in [0.15, 0.2) is 15.4 Å². The molecule has 0 saturated heterocycles. The molecule has 0 aliphatic carbocycles. The summed E-state index contributed by atoms with van der Waals surface area (Å²) in [5, 5.41) is 56.7. The van der Waals surface area contributed by atoms with E-state index in [-0.39, 0.29) is 71.4 Å². The van der Waals surface area contributed by atoms with Crippen molar-refractivity contribution in [3.8, 4) is 0 Å². The maximum atomic E-state index is 11.6. The summed E-state index contributed by atoms with van der Waals surface area (Å²) in [6.45, 7) is 0. The van der Waals surface area contributed by atoms with Crippen molar-refractivity contribution in [2.45, 2.75) is 16.6 Å². The number of aliphatic carboxylic acids is 3. The van der Waals surface area contributed by atoms with Crippen LogP contribution in [0.2, 0.25) is 0 Å². The molecule has 0 spiro atoms. The van der Waals surface area contributed by atoms with Gasteiger partial charge in [-0.25, -0.2) is 29.3 Å². The number of carboxylic acids is 3. The average molecular weight is 1440 g/mol. The zero-order valence-electron chi connectivity index (χ0n) is 53.1. The summed E-state index contributed by atoms with van der Waals surface area (Å²) in [6, 6.07) is 91.0. The van der Waals surface area contributed by atoms with Crippen LogP contribution in [0.15, 0.2) is 305 Å². The fourth-order valence-electron chi connectivity index (χ4n) is 11.0. The van der Waals surface area contributed by atoms with Crippen LogP contribution in [0.5, 0.6) is 0 Å². The standard InChI is InChI=1S/3C25H21N3O3S.3ClH/c3*1-31-28-22(23(29)30)21-17-32-24(26-21)27-25(18-11-5-2-6-12-18,19-13-7-3-8-14-19)20-15-9-4-10-16-20;;;/h3*2-17H,1H3,(H,26,27)(H,29,30);3*1H. The Bertz CT molecular complexity index is 3820. The zero-order valence-corrected chi connectivity index (χ0v) is 58.0. The van der Waals surface area contributed by atoms with Gasteiger partial charge in [-0.3, -0.25) is 0 Å². The van der Waals surface area contributed by atoms with Crippen LogP contribution in [0.4, 0.5) is 15.4 Å². The molecule has 0 aliphatic rings. The summed E-state index contributed by atoms with van der Waals surface area (Å²) in [6.07, 6.45) is 0. The van der Waals surface area contributed by atoms with E-state index in [4.69, 9.17) is 0 Å². The maximum Gasteiger partial charge on any atom is 0.360 e. The molecule has 12 aromatic rings. The Morgan fingerprint density at radius 1 is 0.303 bits per heavy atom. The van der Waals surface area contributed by atoms with Crippen molar-refractivity contribution in [1.29, 1.82) is 0 Å². The third-order valence-corrected chi connectivity index (χ3v) is 17.4. The number of oxime groups is 3. The van der Waals surface area contributed by atoms with Gasteiger partial charge in [-0.1, -0.05) is 288 Å². The highest BCUT2D eigenvalue weighted by molar-refractivity contribution is 7.14. The molecule has 99 heavy (non-hydrogen) atoms. The van der Waals surface area contributed by atoms with Crippen LogP contribution in [-0.4, -0.2) is 86.6 Å². The van der Waals surface area contributed by atoms with Gasteiger partial charge in [0.25, 0.3) is 0 Å². The summed E-state index contributed by atoms with van der Waals surface area (Å²) in [7, 11) is 3.92. The normalized spacial score (nSPS) is 11.4. The van der Waals surface area contributed by atoms with Crippen LogP contribution in [0.1, 0.15) is 67.2 Å². The highest BCUT2D eigenvalue weighted by atomic mass is 35.5. The fraction of sp³-hybridized carbons (Fsp3) is 0.0800. The first-order chi connectivity index (χ1) is 46.9. The van der Waals surface area contributed by atoms with Crippen LogP contribution < -0.4 is 16.0 Å². The predicted molar refractivity (Wildman–Crippen MR) is 400 cm³/mol. The number of aromatic nitrogens is 3. The number of nitrogens with one attached hydrogen (secondary N) is 3. The minimum atomic E-state index is -1.20. The van der Waals surface area contributed by atoms with Gasteiger partial charge in [-0.05, 0) is 50.1 Å². The van der Waals surface area contributed by atoms with Crippen LogP contribution in [0.3, 0.4) is 0 Å². The molecule has 6 N–H and O–H groups in total. The van der Waals surface area contributed by atoms with Gasteiger partial charge in [-0.15, -0.1) is 71.2 Å². The molecule has 0 saturated carbocycles. The number of benzene rings is 9. The van der Waals surface area contributed by atoms with Crippen molar-refractivity contribution in [3.63, 3.8) is 0 Å². The van der Waals surface area contributed by atoms with Gasteiger partial charge in [0.05, 0.1) is 0 Å². The number of halogens is 3.